The van der Waals surface area contributed by atoms with Crippen molar-refractivity contribution in [3.8, 4) is 0 Å². The summed E-state index contributed by atoms with van der Waals surface area (Å²) in [6, 6.07) is 9.91. The monoisotopic (exact) mass is 288 g/mol. The van der Waals surface area contributed by atoms with E-state index in [0.29, 0.717) is 6.42 Å². The Kier molecular flexibility index (Phi) is 4.56. The molecular weight excluding hydrogens is 264 g/mol. The topological polar surface area (TPSA) is 52.6 Å². The van der Waals surface area contributed by atoms with Crippen LogP contribution in [0.2, 0.25) is 0 Å². The van der Waals surface area contributed by atoms with Crippen molar-refractivity contribution in [1.82, 2.24) is 10.2 Å². The number of aliphatic hydroxyl groups excluding tert-OH is 1. The molecule has 0 spiro atoms. The summed E-state index contributed by atoms with van der Waals surface area (Å²) < 4.78 is 0. The normalized spacial score (nSPS) is 27.0. The predicted molar refractivity (Wildman–Crippen MR) is 81.8 cm³/mol. The van der Waals surface area contributed by atoms with Crippen LogP contribution >= 0.6 is 0 Å². The molecule has 114 valence electrons. The van der Waals surface area contributed by atoms with Crippen molar-refractivity contribution in [1.29, 1.82) is 0 Å². The van der Waals surface area contributed by atoms with Gasteiger partial charge in [0.1, 0.15) is 0 Å². The van der Waals surface area contributed by atoms with Crippen LogP contribution in [0.15, 0.2) is 30.3 Å². The average molecular weight is 288 g/mol. The summed E-state index contributed by atoms with van der Waals surface area (Å²) >= 11 is 0. The van der Waals surface area contributed by atoms with Crippen LogP contribution in [-0.4, -0.2) is 41.1 Å². The number of aliphatic hydroxyl groups is 1. The fourth-order valence-electron chi connectivity index (χ4n) is 3.54. The lowest BCUT2D eigenvalue weighted by atomic mass is 10.00. The number of carbonyl (C=O) groups excluding carboxylic acids is 1. The Labute approximate surface area is 126 Å². The lowest BCUT2D eigenvalue weighted by molar-refractivity contribution is -0.134. The van der Waals surface area contributed by atoms with E-state index in [9.17, 15) is 9.90 Å². The van der Waals surface area contributed by atoms with Gasteiger partial charge in [-0.2, -0.15) is 0 Å². The minimum absolute atomic E-state index is 0.000492. The fourth-order valence-corrected chi connectivity index (χ4v) is 3.54. The molecule has 2 aliphatic heterocycles. The van der Waals surface area contributed by atoms with E-state index in [1.165, 1.54) is 0 Å². The molecule has 4 heteroatoms. The van der Waals surface area contributed by atoms with Gasteiger partial charge in [-0.1, -0.05) is 30.3 Å². The van der Waals surface area contributed by atoms with E-state index in [2.05, 4.69) is 5.32 Å². The van der Waals surface area contributed by atoms with Gasteiger partial charge in [-0.15, -0.1) is 0 Å². The first-order chi connectivity index (χ1) is 10.3. The van der Waals surface area contributed by atoms with Gasteiger partial charge in [0, 0.05) is 12.6 Å². The van der Waals surface area contributed by atoms with Gasteiger partial charge < -0.3 is 15.3 Å². The minimum atomic E-state index is -0.485. The van der Waals surface area contributed by atoms with E-state index < -0.39 is 6.10 Å². The molecule has 2 aliphatic rings. The summed E-state index contributed by atoms with van der Waals surface area (Å²) in [6.45, 7) is 1.78. The number of nitrogens with one attached hydrogen (secondary N) is 1. The van der Waals surface area contributed by atoms with E-state index in [4.69, 9.17) is 0 Å². The van der Waals surface area contributed by atoms with Crippen molar-refractivity contribution >= 4 is 5.91 Å². The summed E-state index contributed by atoms with van der Waals surface area (Å²) in [5.41, 5.74) is 0.941. The zero-order valence-electron chi connectivity index (χ0n) is 12.4. The number of benzene rings is 1. The number of rotatable bonds is 4. The number of amides is 1. The number of likely N-dealkylation sites (tertiary alicyclic amines) is 1. The fraction of sp³-hybridized carbons (Fsp3) is 0.588. The molecule has 0 aliphatic carbocycles. The zero-order valence-corrected chi connectivity index (χ0v) is 12.4. The van der Waals surface area contributed by atoms with Crippen LogP contribution in [0, 0.1) is 0 Å². The van der Waals surface area contributed by atoms with Crippen LogP contribution in [0.5, 0.6) is 0 Å². The first-order valence-corrected chi connectivity index (χ1v) is 8.02. The molecule has 3 rings (SSSR count). The molecule has 4 nitrogen and oxygen atoms in total. The Bertz CT molecular complexity index is 471. The third-order valence-electron chi connectivity index (χ3n) is 4.70. The maximum absolute atomic E-state index is 12.6. The summed E-state index contributed by atoms with van der Waals surface area (Å²) in [4.78, 5) is 14.6. The van der Waals surface area contributed by atoms with Crippen LogP contribution in [0.3, 0.4) is 0 Å². The lowest BCUT2D eigenvalue weighted by Gasteiger charge is -2.29. The highest BCUT2D eigenvalue weighted by atomic mass is 16.3. The zero-order chi connectivity index (χ0) is 14.7. The number of carbonyl (C=O) groups is 1. The van der Waals surface area contributed by atoms with Gasteiger partial charge in [-0.3, -0.25) is 4.79 Å². The van der Waals surface area contributed by atoms with Gasteiger partial charge in [-0.25, -0.2) is 0 Å². The Morgan fingerprint density at radius 3 is 2.81 bits per heavy atom. The largest absolute Gasteiger partial charge is 0.388 e. The van der Waals surface area contributed by atoms with E-state index in [0.717, 1.165) is 44.3 Å². The maximum atomic E-state index is 12.6. The second-order valence-corrected chi connectivity index (χ2v) is 6.14. The van der Waals surface area contributed by atoms with Gasteiger partial charge >= 0.3 is 0 Å². The van der Waals surface area contributed by atoms with Crippen LogP contribution in [0.1, 0.15) is 43.8 Å². The quantitative estimate of drug-likeness (QED) is 0.889. The number of hydrogen-bond acceptors (Lipinski definition) is 3. The molecule has 2 N–H and O–H groups in total. The van der Waals surface area contributed by atoms with Gasteiger partial charge in [0.05, 0.1) is 12.1 Å². The Hall–Kier alpha value is -1.39. The first kappa shape index (κ1) is 14.5. The molecule has 3 atom stereocenters. The number of nitrogens with zero attached hydrogens (tertiary/aromatic N) is 1. The van der Waals surface area contributed by atoms with E-state index in [1.807, 2.05) is 35.2 Å². The summed E-state index contributed by atoms with van der Waals surface area (Å²) in [7, 11) is 0. The molecule has 2 fully saturated rings. The van der Waals surface area contributed by atoms with E-state index in [-0.39, 0.29) is 18.0 Å². The molecule has 21 heavy (non-hydrogen) atoms. The highest BCUT2D eigenvalue weighted by Crippen LogP contribution is 2.28. The smallest absolute Gasteiger partial charge is 0.239 e. The molecule has 1 aromatic rings. The van der Waals surface area contributed by atoms with Crippen LogP contribution in [-0.2, 0) is 4.79 Å². The molecule has 2 heterocycles. The lowest BCUT2D eigenvalue weighted by Crippen LogP contribution is -2.46. The number of hydrogen-bond donors (Lipinski definition) is 2. The highest BCUT2D eigenvalue weighted by Gasteiger charge is 2.35. The predicted octanol–water partition coefficient (Wildman–Crippen LogP) is 1.85. The molecular formula is C17H24N2O2. The van der Waals surface area contributed by atoms with Gasteiger partial charge in [0.25, 0.3) is 0 Å². The Balaban J connectivity index is 1.62. The van der Waals surface area contributed by atoms with Crippen molar-refractivity contribution in [3.63, 3.8) is 0 Å². The third-order valence-corrected chi connectivity index (χ3v) is 4.70. The summed E-state index contributed by atoms with van der Waals surface area (Å²) in [6.07, 6.45) is 4.24. The minimum Gasteiger partial charge on any atom is -0.388 e. The molecule has 2 saturated heterocycles. The van der Waals surface area contributed by atoms with Gasteiger partial charge in [0.2, 0.25) is 5.91 Å². The third kappa shape index (κ3) is 3.27. The SMILES string of the molecule is O=C([C@@H]1CCCN1)N1CCC[C@H]1C[C@H](O)c1ccccc1. The van der Waals surface area contributed by atoms with Crippen molar-refractivity contribution < 1.29 is 9.90 Å². The standard InChI is InChI=1S/C17H24N2O2/c20-16(13-6-2-1-3-7-13)12-14-8-5-11-19(14)17(21)15-9-4-10-18-15/h1-3,6-7,14-16,18,20H,4-5,8-12H2/t14-,15-,16-/m0/s1. The van der Waals surface area contributed by atoms with Crippen molar-refractivity contribution in [2.75, 3.05) is 13.1 Å². The molecule has 0 aromatic heterocycles. The van der Waals surface area contributed by atoms with Crippen molar-refractivity contribution in [2.45, 2.75) is 50.3 Å². The average Bonchev–Trinajstić information content (AvgIpc) is 3.19. The Morgan fingerprint density at radius 2 is 2.10 bits per heavy atom. The van der Waals surface area contributed by atoms with Crippen LogP contribution in [0.4, 0.5) is 0 Å². The van der Waals surface area contributed by atoms with Gasteiger partial charge in [-0.05, 0) is 44.2 Å². The molecule has 0 unspecified atom stereocenters. The van der Waals surface area contributed by atoms with E-state index in [1.54, 1.807) is 0 Å². The molecule has 0 radical (unpaired) electrons. The molecule has 1 amide bonds. The highest BCUT2D eigenvalue weighted by molar-refractivity contribution is 5.82. The second kappa shape index (κ2) is 6.58. The molecule has 0 bridgehead atoms. The van der Waals surface area contributed by atoms with Crippen LogP contribution < -0.4 is 5.32 Å². The summed E-state index contributed by atoms with van der Waals surface area (Å²) in [5.74, 6) is 0.232. The first-order valence-electron chi connectivity index (χ1n) is 8.02. The summed E-state index contributed by atoms with van der Waals surface area (Å²) in [5, 5.41) is 13.7. The second-order valence-electron chi connectivity index (χ2n) is 6.14. The molecule has 0 saturated carbocycles. The van der Waals surface area contributed by atoms with E-state index >= 15 is 0 Å². The Morgan fingerprint density at radius 1 is 1.29 bits per heavy atom. The van der Waals surface area contributed by atoms with Crippen LogP contribution in [0.25, 0.3) is 0 Å². The molecule has 1 aromatic carbocycles. The maximum Gasteiger partial charge on any atom is 0.239 e. The van der Waals surface area contributed by atoms with Crippen molar-refractivity contribution in [3.05, 3.63) is 35.9 Å². The van der Waals surface area contributed by atoms with Crippen molar-refractivity contribution in [2.24, 2.45) is 0 Å². The van der Waals surface area contributed by atoms with Gasteiger partial charge in [0.15, 0.2) is 0 Å².